The van der Waals surface area contributed by atoms with Gasteiger partial charge in [0.15, 0.2) is 9.84 Å². The van der Waals surface area contributed by atoms with E-state index in [2.05, 4.69) is 22.9 Å². The second kappa shape index (κ2) is 7.14. The molecule has 0 bridgehead atoms. The van der Waals surface area contributed by atoms with Crippen molar-refractivity contribution in [2.45, 2.75) is 24.7 Å². The Morgan fingerprint density at radius 3 is 2.33 bits per heavy atom. The third kappa shape index (κ3) is 5.40. The summed E-state index contributed by atoms with van der Waals surface area (Å²) >= 11 is 3.42. The van der Waals surface area contributed by atoms with Gasteiger partial charge in [0.05, 0.1) is 11.5 Å². The molecule has 1 unspecified atom stereocenters. The monoisotopic (exact) mass is 334 g/mol. The predicted molar refractivity (Wildman–Crippen MR) is 77.2 cm³/mol. The van der Waals surface area contributed by atoms with Gasteiger partial charge in [0, 0.05) is 11.6 Å². The summed E-state index contributed by atoms with van der Waals surface area (Å²) in [5, 5.41) is 1.01. The number of hydrogen-bond donors (Lipinski definition) is 0. The van der Waals surface area contributed by atoms with Crippen LogP contribution >= 0.6 is 15.9 Å². The molecule has 0 aromatic heterocycles. The summed E-state index contributed by atoms with van der Waals surface area (Å²) in [5.74, 6) is 1.34. The van der Waals surface area contributed by atoms with Crippen LogP contribution in [0.4, 0.5) is 0 Å². The third-order valence-electron chi connectivity index (χ3n) is 2.73. The Morgan fingerprint density at radius 2 is 1.83 bits per heavy atom. The molecule has 0 saturated carbocycles. The molecule has 1 rings (SSSR count). The quantitative estimate of drug-likeness (QED) is 0.718. The molecule has 18 heavy (non-hydrogen) atoms. The molecule has 5 heteroatoms. The van der Waals surface area contributed by atoms with Crippen molar-refractivity contribution < 1.29 is 13.2 Å². The first-order valence-electron chi connectivity index (χ1n) is 5.92. The first kappa shape index (κ1) is 15.5. The van der Waals surface area contributed by atoms with Crippen molar-refractivity contribution in [3.8, 4) is 5.75 Å². The lowest BCUT2D eigenvalue weighted by Gasteiger charge is -2.11. The minimum atomic E-state index is -3.12. The van der Waals surface area contributed by atoms with Gasteiger partial charge in [-0.2, -0.15) is 0 Å². The number of sulfone groups is 1. The van der Waals surface area contributed by atoms with Crippen molar-refractivity contribution in [2.24, 2.45) is 5.92 Å². The second-order valence-corrected chi connectivity index (χ2v) is 7.27. The highest BCUT2D eigenvalue weighted by Crippen LogP contribution is 2.17. The summed E-state index contributed by atoms with van der Waals surface area (Å²) in [5.41, 5.74) is 0. The van der Waals surface area contributed by atoms with E-state index in [-0.39, 0.29) is 0 Å². The maximum Gasteiger partial charge on any atom is 0.175 e. The first-order valence-corrected chi connectivity index (χ1v) is 8.93. The van der Waals surface area contributed by atoms with Crippen LogP contribution in [0.15, 0.2) is 29.2 Å². The maximum atomic E-state index is 11.3. The molecule has 102 valence electrons. The van der Waals surface area contributed by atoms with Gasteiger partial charge in [0.2, 0.25) is 0 Å². The van der Waals surface area contributed by atoms with Crippen molar-refractivity contribution in [1.29, 1.82) is 0 Å². The lowest BCUT2D eigenvalue weighted by Crippen LogP contribution is -2.05. The van der Waals surface area contributed by atoms with Crippen molar-refractivity contribution in [2.75, 3.05) is 18.2 Å². The van der Waals surface area contributed by atoms with Crippen LogP contribution in [-0.4, -0.2) is 26.6 Å². The molecule has 0 saturated heterocycles. The molecule has 1 aromatic rings. The molecule has 0 amide bonds. The van der Waals surface area contributed by atoms with Crippen LogP contribution in [0, 0.1) is 5.92 Å². The Hall–Kier alpha value is -0.550. The Balaban J connectivity index is 2.45. The largest absolute Gasteiger partial charge is 0.494 e. The van der Waals surface area contributed by atoms with Gasteiger partial charge in [0.25, 0.3) is 0 Å². The highest BCUT2D eigenvalue weighted by molar-refractivity contribution is 9.09. The number of rotatable bonds is 7. The fraction of sp³-hybridized carbons (Fsp3) is 0.538. The van der Waals surface area contributed by atoms with Crippen LogP contribution in [0.3, 0.4) is 0 Å². The molecule has 0 N–H and O–H groups in total. The van der Waals surface area contributed by atoms with Crippen molar-refractivity contribution in [3.05, 3.63) is 24.3 Å². The Bertz CT molecular complexity index is 454. The lowest BCUT2D eigenvalue weighted by molar-refractivity contribution is 0.282. The Kier molecular flexibility index (Phi) is 6.15. The molecule has 1 atom stereocenters. The van der Waals surface area contributed by atoms with Gasteiger partial charge in [-0.3, -0.25) is 0 Å². The number of ether oxygens (including phenoxy) is 1. The standard InChI is InChI=1S/C13H19BrO3S/c1-11(7-9-14)8-10-17-12-3-5-13(6-4-12)18(2,15)16/h3-6,11H,7-10H2,1-2H3. The summed E-state index contributed by atoms with van der Waals surface area (Å²) in [4.78, 5) is 0.322. The molecule has 3 nitrogen and oxygen atoms in total. The van der Waals surface area contributed by atoms with E-state index in [0.717, 1.165) is 18.2 Å². The second-order valence-electron chi connectivity index (χ2n) is 4.46. The molecule has 0 fully saturated rings. The number of halogens is 1. The Labute approximate surface area is 118 Å². The van der Waals surface area contributed by atoms with Crippen LogP contribution < -0.4 is 4.74 Å². The molecule has 0 radical (unpaired) electrons. The van der Waals surface area contributed by atoms with Crippen molar-refractivity contribution >= 4 is 25.8 Å². The third-order valence-corrected chi connectivity index (χ3v) is 4.32. The normalized spacial score (nSPS) is 13.3. The van der Waals surface area contributed by atoms with Crippen LogP contribution in [0.1, 0.15) is 19.8 Å². The van der Waals surface area contributed by atoms with Gasteiger partial charge in [-0.1, -0.05) is 22.9 Å². The molecule has 0 heterocycles. The molecule has 0 aliphatic heterocycles. The molecule has 1 aromatic carbocycles. The zero-order valence-electron chi connectivity index (χ0n) is 10.7. The predicted octanol–water partition coefficient (Wildman–Crippen LogP) is 3.28. The summed E-state index contributed by atoms with van der Waals surface area (Å²) in [6.07, 6.45) is 3.33. The maximum absolute atomic E-state index is 11.3. The smallest absolute Gasteiger partial charge is 0.175 e. The first-order chi connectivity index (χ1) is 8.43. The van der Waals surface area contributed by atoms with Crippen molar-refractivity contribution in [1.82, 2.24) is 0 Å². The molecular weight excluding hydrogens is 316 g/mol. The lowest BCUT2D eigenvalue weighted by atomic mass is 10.1. The molecule has 0 aliphatic carbocycles. The number of hydrogen-bond acceptors (Lipinski definition) is 3. The van der Waals surface area contributed by atoms with E-state index >= 15 is 0 Å². The van der Waals surface area contributed by atoms with E-state index in [1.165, 1.54) is 6.26 Å². The Morgan fingerprint density at radius 1 is 1.22 bits per heavy atom. The van der Waals surface area contributed by atoms with Gasteiger partial charge >= 0.3 is 0 Å². The number of benzene rings is 1. The van der Waals surface area contributed by atoms with E-state index in [9.17, 15) is 8.42 Å². The van der Waals surface area contributed by atoms with Crippen LogP contribution in [-0.2, 0) is 9.84 Å². The van der Waals surface area contributed by atoms with Gasteiger partial charge in [-0.15, -0.1) is 0 Å². The van der Waals surface area contributed by atoms with Gasteiger partial charge in [0.1, 0.15) is 5.75 Å². The zero-order valence-corrected chi connectivity index (χ0v) is 13.1. The summed E-state index contributed by atoms with van der Waals surface area (Å²) in [6, 6.07) is 6.55. The average molecular weight is 335 g/mol. The van der Waals surface area contributed by atoms with E-state index in [1.54, 1.807) is 24.3 Å². The highest BCUT2D eigenvalue weighted by Gasteiger charge is 2.06. The van der Waals surface area contributed by atoms with Crippen molar-refractivity contribution in [3.63, 3.8) is 0 Å². The minimum Gasteiger partial charge on any atom is -0.494 e. The van der Waals surface area contributed by atoms with Gasteiger partial charge < -0.3 is 4.74 Å². The van der Waals surface area contributed by atoms with E-state index in [1.807, 2.05) is 0 Å². The zero-order chi connectivity index (χ0) is 13.6. The SMILES string of the molecule is CC(CCBr)CCOc1ccc(S(C)(=O)=O)cc1. The summed E-state index contributed by atoms with van der Waals surface area (Å²) in [6.45, 7) is 2.85. The summed E-state index contributed by atoms with van der Waals surface area (Å²) < 4.78 is 28.1. The average Bonchev–Trinajstić information content (AvgIpc) is 2.29. The van der Waals surface area contributed by atoms with Crippen LogP contribution in [0.5, 0.6) is 5.75 Å². The fourth-order valence-electron chi connectivity index (χ4n) is 1.49. The van der Waals surface area contributed by atoms with Gasteiger partial charge in [-0.25, -0.2) is 8.42 Å². The van der Waals surface area contributed by atoms with E-state index < -0.39 is 9.84 Å². The fourth-order valence-corrected chi connectivity index (χ4v) is 2.90. The van der Waals surface area contributed by atoms with E-state index in [4.69, 9.17) is 4.74 Å². The minimum absolute atomic E-state index is 0.322. The topological polar surface area (TPSA) is 43.4 Å². The van der Waals surface area contributed by atoms with Crippen LogP contribution in [0.25, 0.3) is 0 Å². The summed E-state index contributed by atoms with van der Waals surface area (Å²) in [7, 11) is -3.12. The number of alkyl halides is 1. The molecule has 0 spiro atoms. The van der Waals surface area contributed by atoms with Gasteiger partial charge in [-0.05, 0) is 43.0 Å². The molecular formula is C13H19BrO3S. The van der Waals surface area contributed by atoms with Crippen LogP contribution in [0.2, 0.25) is 0 Å². The molecule has 0 aliphatic rings. The van der Waals surface area contributed by atoms with E-state index in [0.29, 0.717) is 23.2 Å². The highest BCUT2D eigenvalue weighted by atomic mass is 79.9.